The summed E-state index contributed by atoms with van der Waals surface area (Å²) in [6.45, 7) is 2.14. The predicted molar refractivity (Wildman–Crippen MR) is 86.8 cm³/mol. The molecule has 2 heterocycles. The number of benzene rings is 1. The molecule has 1 aromatic heterocycles. The summed E-state index contributed by atoms with van der Waals surface area (Å²) in [7, 11) is 0. The zero-order valence-electron chi connectivity index (χ0n) is 12.6. The van der Waals surface area contributed by atoms with Gasteiger partial charge in [0.05, 0.1) is 16.8 Å². The minimum Gasteiger partial charge on any atom is -0.478 e. The summed E-state index contributed by atoms with van der Waals surface area (Å²) in [6, 6.07) is 5.34. The topological polar surface area (TPSA) is 53.4 Å². The number of hydrogen-bond donors (Lipinski definition) is 1. The van der Waals surface area contributed by atoms with Crippen LogP contribution in [0.3, 0.4) is 0 Å². The average molecular weight is 296 g/mol. The molecule has 114 valence electrons. The highest BCUT2D eigenvalue weighted by molar-refractivity contribution is 5.99. The molecule has 1 saturated heterocycles. The summed E-state index contributed by atoms with van der Waals surface area (Å²) in [5.41, 5.74) is 5.13. The van der Waals surface area contributed by atoms with E-state index < -0.39 is 5.97 Å². The number of carboxylic acid groups (broad SMARTS) is 1. The standard InChI is InChI=1S/C18H20N2O2/c21-18(22)12-7-8-16-14(11-12)17(20-9-2-1-3-10-20)13-5-4-6-15(13)19-16/h7-8,11H,1-6,9-10H2,(H,21,22). The molecule has 0 atom stereocenters. The molecule has 1 aliphatic heterocycles. The third-order valence-corrected chi connectivity index (χ3v) is 4.90. The minimum absolute atomic E-state index is 0.352. The van der Waals surface area contributed by atoms with Gasteiger partial charge in [-0.3, -0.25) is 4.98 Å². The molecule has 1 fully saturated rings. The van der Waals surface area contributed by atoms with Crippen LogP contribution in [0.4, 0.5) is 5.69 Å². The van der Waals surface area contributed by atoms with Crippen LogP contribution in [-0.4, -0.2) is 29.1 Å². The van der Waals surface area contributed by atoms with E-state index in [4.69, 9.17) is 4.98 Å². The molecular weight excluding hydrogens is 276 g/mol. The van der Waals surface area contributed by atoms with Crippen molar-refractivity contribution in [2.24, 2.45) is 0 Å². The molecule has 0 bridgehead atoms. The lowest BCUT2D eigenvalue weighted by atomic mass is 10.0. The zero-order valence-corrected chi connectivity index (χ0v) is 12.6. The molecule has 4 nitrogen and oxygen atoms in total. The first-order valence-corrected chi connectivity index (χ1v) is 8.18. The monoisotopic (exact) mass is 296 g/mol. The van der Waals surface area contributed by atoms with E-state index >= 15 is 0 Å². The van der Waals surface area contributed by atoms with Gasteiger partial charge in [-0.1, -0.05) is 0 Å². The molecular formula is C18H20N2O2. The number of aromatic carboxylic acids is 1. The van der Waals surface area contributed by atoms with Crippen LogP contribution in [0.15, 0.2) is 18.2 Å². The largest absolute Gasteiger partial charge is 0.478 e. The zero-order chi connectivity index (χ0) is 15.1. The molecule has 0 amide bonds. The van der Waals surface area contributed by atoms with E-state index in [2.05, 4.69) is 4.90 Å². The molecule has 1 aromatic carbocycles. The number of hydrogen-bond acceptors (Lipinski definition) is 3. The Morgan fingerprint density at radius 1 is 1.09 bits per heavy atom. The summed E-state index contributed by atoms with van der Waals surface area (Å²) in [5, 5.41) is 10.3. The molecule has 1 aliphatic carbocycles. The van der Waals surface area contributed by atoms with Crippen molar-refractivity contribution >= 4 is 22.6 Å². The molecule has 2 aromatic rings. The summed E-state index contributed by atoms with van der Waals surface area (Å²) < 4.78 is 0. The SMILES string of the molecule is O=C(O)c1ccc2nc3c(c(N4CCCCC4)c2c1)CCC3. The fourth-order valence-electron chi connectivity index (χ4n) is 3.85. The van der Waals surface area contributed by atoms with Crippen LogP contribution >= 0.6 is 0 Å². The maximum atomic E-state index is 11.3. The first-order chi connectivity index (χ1) is 10.7. The second-order valence-corrected chi connectivity index (χ2v) is 6.32. The van der Waals surface area contributed by atoms with E-state index in [1.807, 2.05) is 12.1 Å². The number of rotatable bonds is 2. The van der Waals surface area contributed by atoms with Gasteiger partial charge in [-0.2, -0.15) is 0 Å². The van der Waals surface area contributed by atoms with Gasteiger partial charge in [-0.25, -0.2) is 4.79 Å². The maximum absolute atomic E-state index is 11.3. The van der Waals surface area contributed by atoms with E-state index in [-0.39, 0.29) is 0 Å². The number of nitrogens with zero attached hydrogens (tertiary/aromatic N) is 2. The molecule has 0 saturated carbocycles. The summed E-state index contributed by atoms with van der Waals surface area (Å²) in [4.78, 5) is 18.6. The first kappa shape index (κ1) is 13.6. The van der Waals surface area contributed by atoms with Gasteiger partial charge in [-0.15, -0.1) is 0 Å². The van der Waals surface area contributed by atoms with Crippen LogP contribution < -0.4 is 4.90 Å². The van der Waals surface area contributed by atoms with Gasteiger partial charge in [0.25, 0.3) is 0 Å². The fraction of sp³-hybridized carbons (Fsp3) is 0.444. The van der Waals surface area contributed by atoms with Gasteiger partial charge >= 0.3 is 5.97 Å². The molecule has 0 spiro atoms. The number of carboxylic acids is 1. The van der Waals surface area contributed by atoms with E-state index in [9.17, 15) is 9.90 Å². The lowest BCUT2D eigenvalue weighted by Crippen LogP contribution is -2.30. The Morgan fingerprint density at radius 2 is 1.91 bits per heavy atom. The number of anilines is 1. The van der Waals surface area contributed by atoms with Gasteiger partial charge in [0, 0.05) is 24.2 Å². The van der Waals surface area contributed by atoms with Crippen LogP contribution in [0, 0.1) is 0 Å². The van der Waals surface area contributed by atoms with Crippen LogP contribution in [0.1, 0.15) is 47.3 Å². The Balaban J connectivity index is 1.96. The highest BCUT2D eigenvalue weighted by atomic mass is 16.4. The van der Waals surface area contributed by atoms with E-state index in [0.29, 0.717) is 5.56 Å². The van der Waals surface area contributed by atoms with E-state index in [1.165, 1.54) is 36.2 Å². The van der Waals surface area contributed by atoms with Crippen molar-refractivity contribution in [2.75, 3.05) is 18.0 Å². The number of fused-ring (bicyclic) bond motifs is 2. The normalized spacial score (nSPS) is 17.7. The number of aryl methyl sites for hydroxylation is 1. The van der Waals surface area contributed by atoms with Crippen molar-refractivity contribution in [3.8, 4) is 0 Å². The smallest absolute Gasteiger partial charge is 0.335 e. The minimum atomic E-state index is -0.869. The predicted octanol–water partition coefficient (Wildman–Crippen LogP) is 3.41. The Labute approximate surface area is 129 Å². The first-order valence-electron chi connectivity index (χ1n) is 8.18. The molecule has 0 radical (unpaired) electrons. The molecule has 1 N–H and O–H groups in total. The number of aromatic nitrogens is 1. The Hall–Kier alpha value is -2.10. The van der Waals surface area contributed by atoms with Crippen molar-refractivity contribution in [3.63, 3.8) is 0 Å². The quantitative estimate of drug-likeness (QED) is 0.922. The van der Waals surface area contributed by atoms with Crippen molar-refractivity contribution in [1.82, 2.24) is 4.98 Å². The van der Waals surface area contributed by atoms with Crippen molar-refractivity contribution < 1.29 is 9.90 Å². The lowest BCUT2D eigenvalue weighted by molar-refractivity contribution is 0.0697. The Bertz CT molecular complexity index is 748. The van der Waals surface area contributed by atoms with E-state index in [0.717, 1.165) is 43.3 Å². The molecule has 2 aliphatic rings. The highest BCUT2D eigenvalue weighted by Gasteiger charge is 2.24. The summed E-state index contributed by atoms with van der Waals surface area (Å²) >= 11 is 0. The second kappa shape index (κ2) is 5.27. The summed E-state index contributed by atoms with van der Waals surface area (Å²) in [6.07, 6.45) is 7.01. The van der Waals surface area contributed by atoms with Crippen molar-refractivity contribution in [2.45, 2.75) is 38.5 Å². The van der Waals surface area contributed by atoms with Gasteiger partial charge in [-0.05, 0) is 62.3 Å². The average Bonchev–Trinajstić information content (AvgIpc) is 3.00. The number of piperidine rings is 1. The Morgan fingerprint density at radius 3 is 2.68 bits per heavy atom. The van der Waals surface area contributed by atoms with Crippen molar-refractivity contribution in [1.29, 1.82) is 0 Å². The number of carbonyl (C=O) groups is 1. The third-order valence-electron chi connectivity index (χ3n) is 4.90. The van der Waals surface area contributed by atoms with Crippen molar-refractivity contribution in [3.05, 3.63) is 35.0 Å². The maximum Gasteiger partial charge on any atom is 0.335 e. The van der Waals surface area contributed by atoms with Crippen LogP contribution in [0.25, 0.3) is 10.9 Å². The fourth-order valence-corrected chi connectivity index (χ4v) is 3.85. The third kappa shape index (κ3) is 2.14. The van der Waals surface area contributed by atoms with Crippen LogP contribution in [-0.2, 0) is 12.8 Å². The molecule has 0 unspecified atom stereocenters. The molecule has 4 heteroatoms. The summed E-state index contributed by atoms with van der Waals surface area (Å²) in [5.74, 6) is -0.869. The van der Waals surface area contributed by atoms with Crippen LogP contribution in [0.5, 0.6) is 0 Å². The molecule has 22 heavy (non-hydrogen) atoms. The van der Waals surface area contributed by atoms with Crippen LogP contribution in [0.2, 0.25) is 0 Å². The van der Waals surface area contributed by atoms with Gasteiger partial charge < -0.3 is 10.0 Å². The van der Waals surface area contributed by atoms with Gasteiger partial charge in [0.2, 0.25) is 0 Å². The second-order valence-electron chi connectivity index (χ2n) is 6.32. The van der Waals surface area contributed by atoms with E-state index in [1.54, 1.807) is 6.07 Å². The van der Waals surface area contributed by atoms with Gasteiger partial charge in [0.15, 0.2) is 0 Å². The highest BCUT2D eigenvalue weighted by Crippen LogP contribution is 2.38. The van der Waals surface area contributed by atoms with Gasteiger partial charge in [0.1, 0.15) is 0 Å². The number of pyridine rings is 1. The molecule has 4 rings (SSSR count). The lowest BCUT2D eigenvalue weighted by Gasteiger charge is -2.31. The Kier molecular flexibility index (Phi) is 3.25.